The van der Waals surface area contributed by atoms with Crippen LogP contribution in [0.3, 0.4) is 0 Å². The van der Waals surface area contributed by atoms with Gasteiger partial charge in [-0.15, -0.1) is 11.8 Å². The monoisotopic (exact) mass is 334 g/mol. The molecule has 0 aliphatic rings. The predicted octanol–water partition coefficient (Wildman–Crippen LogP) is 4.67. The lowest BCUT2D eigenvalue weighted by Gasteiger charge is -2.05. The normalized spacial score (nSPS) is 11.3. The van der Waals surface area contributed by atoms with E-state index in [4.69, 9.17) is 0 Å². The topological polar surface area (TPSA) is 37.8 Å². The number of aromatic nitrogens is 2. The van der Waals surface area contributed by atoms with Crippen molar-refractivity contribution in [2.75, 3.05) is 5.75 Å². The summed E-state index contributed by atoms with van der Waals surface area (Å²) in [7, 11) is 0. The average Bonchev–Trinajstić information content (AvgIpc) is 2.94. The van der Waals surface area contributed by atoms with Gasteiger partial charge in [-0.25, -0.2) is 4.79 Å². The molecule has 0 unspecified atom stereocenters. The minimum absolute atomic E-state index is 0.0214. The number of rotatable bonds is 5. The largest absolute Gasteiger partial charge is 0.326 e. The Labute approximate surface area is 144 Å². The first-order valence-corrected chi connectivity index (χ1v) is 9.09. The summed E-state index contributed by atoms with van der Waals surface area (Å²) in [6.07, 6.45) is 0.958. The van der Waals surface area contributed by atoms with Crippen molar-refractivity contribution in [3.63, 3.8) is 0 Å². The van der Waals surface area contributed by atoms with Crippen LogP contribution in [0.2, 0.25) is 0 Å². The predicted molar refractivity (Wildman–Crippen MR) is 102 cm³/mol. The van der Waals surface area contributed by atoms with Gasteiger partial charge in [0, 0.05) is 11.4 Å². The maximum Gasteiger partial charge on any atom is 0.326 e. The molecule has 1 aromatic heterocycles. The molecule has 0 amide bonds. The highest BCUT2D eigenvalue weighted by molar-refractivity contribution is 7.99. The van der Waals surface area contributed by atoms with Crippen LogP contribution in [0, 0.1) is 0 Å². The lowest BCUT2D eigenvalue weighted by atomic mass is 10.1. The van der Waals surface area contributed by atoms with Crippen molar-refractivity contribution in [1.29, 1.82) is 0 Å². The highest BCUT2D eigenvalue weighted by atomic mass is 32.2. The fourth-order valence-corrected chi connectivity index (χ4v) is 3.88. The van der Waals surface area contributed by atoms with Crippen molar-refractivity contribution in [3.8, 4) is 0 Å². The van der Waals surface area contributed by atoms with Crippen molar-refractivity contribution in [2.45, 2.75) is 17.9 Å². The molecule has 1 heterocycles. The number of benzene rings is 3. The fourth-order valence-electron chi connectivity index (χ4n) is 3.00. The standard InChI is InChI=1S/C20H18N2OS/c23-20-21-18-8-3-4-9-19(18)22(20)12-5-13-24-17-11-10-15-6-1-2-7-16(15)14-17/h1-4,6-11,14H,5,12-13H2,(H,21,23). The summed E-state index contributed by atoms with van der Waals surface area (Å²) in [5, 5.41) is 2.54. The number of hydrogen-bond donors (Lipinski definition) is 1. The van der Waals surface area contributed by atoms with Crippen LogP contribution in [-0.2, 0) is 6.54 Å². The van der Waals surface area contributed by atoms with E-state index in [2.05, 4.69) is 47.4 Å². The Hall–Kier alpha value is -2.46. The summed E-state index contributed by atoms with van der Waals surface area (Å²) in [5.74, 6) is 0.990. The number of fused-ring (bicyclic) bond motifs is 2. The fraction of sp³-hybridized carbons (Fsp3) is 0.150. The molecule has 4 heteroatoms. The Kier molecular flexibility index (Phi) is 4.13. The molecule has 24 heavy (non-hydrogen) atoms. The number of thioether (sulfide) groups is 1. The van der Waals surface area contributed by atoms with E-state index in [1.165, 1.54) is 15.7 Å². The number of hydrogen-bond acceptors (Lipinski definition) is 2. The summed E-state index contributed by atoms with van der Waals surface area (Å²) in [5.41, 5.74) is 1.87. The molecule has 0 saturated heterocycles. The minimum Gasteiger partial charge on any atom is -0.306 e. The van der Waals surface area contributed by atoms with Gasteiger partial charge >= 0.3 is 5.69 Å². The molecule has 3 nitrogen and oxygen atoms in total. The van der Waals surface area contributed by atoms with Gasteiger partial charge in [-0.1, -0.05) is 42.5 Å². The second-order valence-corrected chi connectivity index (χ2v) is 6.98. The smallest absolute Gasteiger partial charge is 0.306 e. The summed E-state index contributed by atoms with van der Waals surface area (Å²) in [4.78, 5) is 16.2. The Morgan fingerprint density at radius 1 is 0.917 bits per heavy atom. The van der Waals surface area contributed by atoms with Crippen LogP contribution in [0.5, 0.6) is 0 Å². The number of nitrogens with zero attached hydrogens (tertiary/aromatic N) is 1. The molecule has 1 N–H and O–H groups in total. The third kappa shape index (κ3) is 2.97. The maximum atomic E-state index is 12.0. The van der Waals surface area contributed by atoms with Crippen molar-refractivity contribution in [1.82, 2.24) is 9.55 Å². The zero-order valence-electron chi connectivity index (χ0n) is 13.2. The molecule has 0 aliphatic carbocycles. The average molecular weight is 334 g/mol. The molecule has 0 aliphatic heterocycles. The van der Waals surface area contributed by atoms with E-state index in [1.807, 2.05) is 40.6 Å². The molecule has 0 spiro atoms. The Balaban J connectivity index is 1.41. The molecule has 0 fully saturated rings. The third-order valence-corrected chi connectivity index (χ3v) is 5.28. The Bertz CT molecular complexity index is 1050. The van der Waals surface area contributed by atoms with E-state index >= 15 is 0 Å². The van der Waals surface area contributed by atoms with Gasteiger partial charge in [-0.2, -0.15) is 0 Å². The molecule has 3 aromatic carbocycles. The van der Waals surface area contributed by atoms with Gasteiger partial charge in [0.15, 0.2) is 0 Å². The highest BCUT2D eigenvalue weighted by Gasteiger charge is 2.05. The lowest BCUT2D eigenvalue weighted by molar-refractivity contribution is 0.679. The Morgan fingerprint density at radius 3 is 2.62 bits per heavy atom. The van der Waals surface area contributed by atoms with Crippen LogP contribution >= 0.6 is 11.8 Å². The van der Waals surface area contributed by atoms with Crippen molar-refractivity contribution >= 4 is 33.6 Å². The zero-order chi connectivity index (χ0) is 16.4. The summed E-state index contributed by atoms with van der Waals surface area (Å²) >= 11 is 1.84. The molecule has 0 bridgehead atoms. The second kappa shape index (κ2) is 6.57. The molecule has 0 radical (unpaired) electrons. The summed E-state index contributed by atoms with van der Waals surface area (Å²) < 4.78 is 1.83. The molecule has 0 atom stereocenters. The van der Waals surface area contributed by atoms with E-state index in [1.54, 1.807) is 0 Å². The minimum atomic E-state index is -0.0214. The Morgan fingerprint density at radius 2 is 1.71 bits per heavy atom. The summed E-state index contributed by atoms with van der Waals surface area (Å²) in [6, 6.07) is 22.8. The van der Waals surface area contributed by atoms with Crippen LogP contribution in [0.4, 0.5) is 0 Å². The molecule has 4 rings (SSSR count). The maximum absolute atomic E-state index is 12.0. The highest BCUT2D eigenvalue weighted by Crippen LogP contribution is 2.24. The van der Waals surface area contributed by atoms with Crippen LogP contribution in [0.25, 0.3) is 21.8 Å². The summed E-state index contributed by atoms with van der Waals surface area (Å²) in [6.45, 7) is 0.740. The van der Waals surface area contributed by atoms with Crippen LogP contribution < -0.4 is 5.69 Å². The van der Waals surface area contributed by atoms with Crippen molar-refractivity contribution in [3.05, 3.63) is 77.2 Å². The van der Waals surface area contributed by atoms with Gasteiger partial charge in [0.2, 0.25) is 0 Å². The number of aryl methyl sites for hydroxylation is 1. The first-order chi connectivity index (χ1) is 11.8. The van der Waals surface area contributed by atoms with Gasteiger partial charge < -0.3 is 4.98 Å². The number of aromatic amines is 1. The van der Waals surface area contributed by atoms with E-state index in [9.17, 15) is 4.79 Å². The molecule has 0 saturated carbocycles. The lowest BCUT2D eigenvalue weighted by Crippen LogP contribution is -2.17. The molecular weight excluding hydrogens is 316 g/mol. The third-order valence-electron chi connectivity index (χ3n) is 4.20. The van der Waals surface area contributed by atoms with E-state index in [0.29, 0.717) is 0 Å². The van der Waals surface area contributed by atoms with Gasteiger partial charge in [-0.3, -0.25) is 4.57 Å². The van der Waals surface area contributed by atoms with Crippen molar-refractivity contribution < 1.29 is 0 Å². The van der Waals surface area contributed by atoms with Gasteiger partial charge in [0.25, 0.3) is 0 Å². The van der Waals surface area contributed by atoms with E-state index < -0.39 is 0 Å². The zero-order valence-corrected chi connectivity index (χ0v) is 14.1. The molecule has 120 valence electrons. The van der Waals surface area contributed by atoms with Gasteiger partial charge in [-0.05, 0) is 47.2 Å². The number of nitrogens with one attached hydrogen (secondary N) is 1. The van der Waals surface area contributed by atoms with Crippen LogP contribution in [0.1, 0.15) is 6.42 Å². The first kappa shape index (κ1) is 15.1. The number of imidazole rings is 1. The number of para-hydroxylation sites is 2. The first-order valence-electron chi connectivity index (χ1n) is 8.10. The van der Waals surface area contributed by atoms with Gasteiger partial charge in [0.1, 0.15) is 0 Å². The number of H-pyrrole nitrogens is 1. The second-order valence-electron chi connectivity index (χ2n) is 5.81. The molecular formula is C20H18N2OS. The SMILES string of the molecule is O=c1[nH]c2ccccc2n1CCCSc1ccc2ccccc2c1. The molecule has 4 aromatic rings. The van der Waals surface area contributed by atoms with E-state index in [0.717, 1.165) is 29.8 Å². The van der Waals surface area contributed by atoms with Crippen molar-refractivity contribution in [2.24, 2.45) is 0 Å². The van der Waals surface area contributed by atoms with Crippen LogP contribution in [0.15, 0.2) is 76.4 Å². The van der Waals surface area contributed by atoms with E-state index in [-0.39, 0.29) is 5.69 Å². The van der Waals surface area contributed by atoms with Gasteiger partial charge in [0.05, 0.1) is 11.0 Å². The van der Waals surface area contributed by atoms with Crippen LogP contribution in [-0.4, -0.2) is 15.3 Å². The quantitative estimate of drug-likeness (QED) is 0.425.